The van der Waals surface area contributed by atoms with Gasteiger partial charge in [-0.3, -0.25) is 24.0 Å². The highest BCUT2D eigenvalue weighted by Crippen LogP contribution is 2.46. The summed E-state index contributed by atoms with van der Waals surface area (Å²) in [7, 11) is -4.47. The number of carbonyl (C=O) groups excluding carboxylic acids is 5. The fourth-order valence-electron chi connectivity index (χ4n) is 8.14. The molecule has 3 heterocycles. The van der Waals surface area contributed by atoms with Crippen molar-refractivity contribution in [1.82, 2.24) is 25.2 Å². The van der Waals surface area contributed by atoms with E-state index < -0.39 is 75.6 Å². The number of carbonyl (C=O) groups is 5. The summed E-state index contributed by atoms with van der Waals surface area (Å²) in [6, 6.07) is 8.04. The minimum atomic E-state index is -4.47. The molecule has 0 radical (unpaired) electrons. The molecule has 5 aliphatic rings. The number of halogens is 2. The van der Waals surface area contributed by atoms with Crippen molar-refractivity contribution in [1.29, 1.82) is 0 Å². The Kier molecular flexibility index (Phi) is 12.0. The predicted molar refractivity (Wildman–Crippen MR) is 205 cm³/mol. The van der Waals surface area contributed by atoms with Crippen molar-refractivity contribution in [3.05, 3.63) is 76.6 Å². The minimum Gasteiger partial charge on any atom is -0.446 e. The summed E-state index contributed by atoms with van der Waals surface area (Å²) in [5.74, 6) is -3.35. The zero-order valence-electron chi connectivity index (χ0n) is 31.2. The quantitative estimate of drug-likeness (QED) is 0.284. The third kappa shape index (κ3) is 9.46. The lowest BCUT2D eigenvalue weighted by molar-refractivity contribution is -0.141. The van der Waals surface area contributed by atoms with E-state index >= 15 is 0 Å². The average Bonchev–Trinajstić information content (AvgIpc) is 3.59. The number of hydrogen-bond acceptors (Lipinski definition) is 9. The summed E-state index contributed by atoms with van der Waals surface area (Å²) in [5, 5.41) is 5.87. The summed E-state index contributed by atoms with van der Waals surface area (Å²) >= 11 is 5.92. The van der Waals surface area contributed by atoms with Gasteiger partial charge >= 0.3 is 22.4 Å². The Balaban J connectivity index is 1.12. The van der Waals surface area contributed by atoms with Crippen LogP contribution in [-0.4, -0.2) is 84.5 Å². The number of nitrogens with one attached hydrogen (secondary N) is 4. The number of fused-ring (bicyclic) bond motifs is 3. The second kappa shape index (κ2) is 16.9. The molecule has 15 nitrogen and oxygen atoms in total. The van der Waals surface area contributed by atoms with Crippen molar-refractivity contribution in [2.45, 2.75) is 114 Å². The summed E-state index contributed by atoms with van der Waals surface area (Å²) < 4.78 is 56.5. The van der Waals surface area contributed by atoms with Crippen LogP contribution in [0.3, 0.4) is 0 Å². The van der Waals surface area contributed by atoms with Gasteiger partial charge in [0, 0.05) is 29.5 Å². The minimum absolute atomic E-state index is 0.0163. The molecular weight excluding hydrogens is 783 g/mol. The number of hydrogen-bond donors (Lipinski definition) is 4. The van der Waals surface area contributed by atoms with Gasteiger partial charge in [-0.05, 0) is 87.3 Å². The van der Waals surface area contributed by atoms with Crippen LogP contribution in [0.5, 0.6) is 0 Å². The summed E-state index contributed by atoms with van der Waals surface area (Å²) in [6.45, 7) is -0.115. The highest BCUT2D eigenvalue weighted by Gasteiger charge is 2.61. The first-order valence-corrected chi connectivity index (χ1v) is 21.2. The van der Waals surface area contributed by atoms with Crippen molar-refractivity contribution in [2.75, 3.05) is 11.3 Å². The second-order valence-corrected chi connectivity index (χ2v) is 17.2. The molecule has 57 heavy (non-hydrogen) atoms. The third-order valence-corrected chi connectivity index (χ3v) is 12.5. The van der Waals surface area contributed by atoms with E-state index in [9.17, 15) is 36.8 Å². The highest BCUT2D eigenvalue weighted by molar-refractivity contribution is 7.91. The lowest BCUT2D eigenvalue weighted by Crippen LogP contribution is -2.58. The SMILES string of the molecule is O=C(N[C@H]1CCCCCC=C[C@@H]2C[C@@]2(C(=O)NS(=O)(=O)Nc2ccc(Cl)cc2)NC(=O)[C@@H]2C[C@@H](OC(=O)N3Cc4cccc(F)c4C3)CN2C1=O)OC1CCCC1. The number of ether oxygens (including phenoxy) is 2. The molecule has 0 bridgehead atoms. The van der Waals surface area contributed by atoms with E-state index in [0.717, 1.165) is 32.1 Å². The third-order valence-electron chi connectivity index (χ3n) is 11.3. The van der Waals surface area contributed by atoms with Crippen LogP contribution in [0, 0.1) is 11.7 Å². The van der Waals surface area contributed by atoms with Gasteiger partial charge in [-0.1, -0.05) is 48.7 Å². The molecule has 306 valence electrons. The molecule has 4 N–H and O–H groups in total. The van der Waals surface area contributed by atoms with Gasteiger partial charge < -0.3 is 25.0 Å². The molecule has 18 heteroatoms. The molecule has 7 rings (SSSR count). The first kappa shape index (κ1) is 40.3. The van der Waals surface area contributed by atoms with E-state index in [1.807, 2.05) is 10.8 Å². The highest BCUT2D eigenvalue weighted by atomic mass is 35.5. The maximum atomic E-state index is 14.5. The first-order valence-electron chi connectivity index (χ1n) is 19.4. The smallest absolute Gasteiger partial charge is 0.410 e. The molecule has 2 saturated carbocycles. The molecule has 2 aliphatic carbocycles. The Bertz CT molecular complexity index is 2030. The van der Waals surface area contributed by atoms with Gasteiger partial charge in [0.25, 0.3) is 5.91 Å². The zero-order chi connectivity index (χ0) is 40.3. The molecule has 0 spiro atoms. The van der Waals surface area contributed by atoms with Crippen LogP contribution in [-0.2, 0) is 47.2 Å². The van der Waals surface area contributed by atoms with Crippen LogP contribution in [0.2, 0.25) is 5.02 Å². The van der Waals surface area contributed by atoms with Crippen LogP contribution in [0.15, 0.2) is 54.6 Å². The zero-order valence-corrected chi connectivity index (χ0v) is 32.8. The predicted octanol–water partition coefficient (Wildman–Crippen LogP) is 4.81. The van der Waals surface area contributed by atoms with E-state index in [0.29, 0.717) is 35.4 Å². The number of alkyl carbamates (subject to hydrolysis) is 1. The van der Waals surface area contributed by atoms with Crippen LogP contribution in [0.1, 0.15) is 81.8 Å². The van der Waals surface area contributed by atoms with E-state index in [1.54, 1.807) is 18.2 Å². The Morgan fingerprint density at radius 1 is 0.930 bits per heavy atom. The Labute approximate surface area is 335 Å². The van der Waals surface area contributed by atoms with E-state index in [-0.39, 0.29) is 50.7 Å². The maximum Gasteiger partial charge on any atom is 0.410 e. The number of rotatable bonds is 7. The monoisotopic (exact) mass is 828 g/mol. The fourth-order valence-corrected chi connectivity index (χ4v) is 9.19. The normalized spacial score (nSPS) is 26.6. The van der Waals surface area contributed by atoms with Gasteiger partial charge in [0.1, 0.15) is 35.6 Å². The molecule has 3 fully saturated rings. The Morgan fingerprint density at radius 3 is 2.44 bits per heavy atom. The van der Waals surface area contributed by atoms with Crippen molar-refractivity contribution in [2.24, 2.45) is 5.92 Å². The van der Waals surface area contributed by atoms with Crippen LogP contribution in [0.25, 0.3) is 0 Å². The van der Waals surface area contributed by atoms with Crippen molar-refractivity contribution in [3.63, 3.8) is 0 Å². The molecule has 2 aromatic carbocycles. The molecule has 1 saturated heterocycles. The Morgan fingerprint density at radius 2 is 1.68 bits per heavy atom. The van der Waals surface area contributed by atoms with Crippen LogP contribution >= 0.6 is 11.6 Å². The van der Waals surface area contributed by atoms with Gasteiger partial charge in [-0.25, -0.2) is 18.7 Å². The molecule has 2 aromatic rings. The second-order valence-electron chi connectivity index (χ2n) is 15.4. The Hall–Kier alpha value is -4.90. The van der Waals surface area contributed by atoms with Crippen molar-refractivity contribution >= 4 is 57.4 Å². The van der Waals surface area contributed by atoms with Crippen LogP contribution < -0.4 is 20.1 Å². The van der Waals surface area contributed by atoms with E-state index in [2.05, 4.69) is 15.4 Å². The van der Waals surface area contributed by atoms with Gasteiger partial charge in [0.2, 0.25) is 11.8 Å². The van der Waals surface area contributed by atoms with Gasteiger partial charge in [-0.15, -0.1) is 0 Å². The summed E-state index contributed by atoms with van der Waals surface area (Å²) in [5.41, 5.74) is -0.515. The summed E-state index contributed by atoms with van der Waals surface area (Å²) in [6.07, 6.45) is 7.05. The van der Waals surface area contributed by atoms with Gasteiger partial charge in [-0.2, -0.15) is 8.42 Å². The lowest BCUT2D eigenvalue weighted by Gasteiger charge is -2.30. The number of benzene rings is 2. The van der Waals surface area contributed by atoms with Crippen molar-refractivity contribution in [3.8, 4) is 0 Å². The number of amides is 5. The fraction of sp³-hybridized carbons (Fsp3) is 0.513. The lowest BCUT2D eigenvalue weighted by atomic mass is 10.0. The number of nitrogens with zero attached hydrogens (tertiary/aromatic N) is 2. The van der Waals surface area contributed by atoms with Crippen molar-refractivity contribution < 1.29 is 46.3 Å². The molecule has 0 aromatic heterocycles. The molecule has 3 aliphatic heterocycles. The van der Waals surface area contributed by atoms with Gasteiger partial charge in [0.05, 0.1) is 18.8 Å². The topological polar surface area (TPSA) is 193 Å². The molecular formula is C39H46ClFN6O9S. The van der Waals surface area contributed by atoms with E-state index in [4.69, 9.17) is 21.1 Å². The standard InChI is InChI=1S/C39H46ClFN6O9S/c40-26-15-17-27(18-16-26)44-57(53,54)45-36(50)39-20-25(39)10-4-2-1-3-5-14-32(42-37(51)55-28-11-6-7-12-28)35(49)47-22-29(19-33(47)34(48)43-39)56-38(52)46-21-24-9-8-13-31(41)30(24)23-46/h4,8-10,13,15-18,25,28-29,32-33,44H,1-3,5-7,11-12,14,19-23H2,(H,42,51)(H,43,48)(H,45,50)/t25-,29-,32+,33+,39-/m1/s1. The largest absolute Gasteiger partial charge is 0.446 e. The van der Waals surface area contributed by atoms with Gasteiger partial charge in [0.15, 0.2) is 0 Å². The molecule has 5 atom stereocenters. The molecule has 5 amide bonds. The number of anilines is 1. The first-order chi connectivity index (χ1) is 27.3. The number of allylic oxidation sites excluding steroid dienone is 1. The molecule has 0 unspecified atom stereocenters. The van der Waals surface area contributed by atoms with E-state index in [1.165, 1.54) is 40.1 Å². The summed E-state index contributed by atoms with van der Waals surface area (Å²) in [4.78, 5) is 71.7. The van der Waals surface area contributed by atoms with Crippen LogP contribution in [0.4, 0.5) is 19.7 Å². The average molecular weight is 829 g/mol. The maximum absolute atomic E-state index is 14.5.